The second-order valence-corrected chi connectivity index (χ2v) is 3.61. The monoisotopic (exact) mass is 177 g/mol. The molecular formula is C12H19N. The van der Waals surface area contributed by atoms with Gasteiger partial charge in [0.25, 0.3) is 0 Å². The maximum atomic E-state index is 3.55. The number of hydrogen-bond acceptors (Lipinski definition) is 1. The van der Waals surface area contributed by atoms with Gasteiger partial charge in [-0.25, -0.2) is 0 Å². The van der Waals surface area contributed by atoms with E-state index < -0.39 is 0 Å². The summed E-state index contributed by atoms with van der Waals surface area (Å²) >= 11 is 0. The maximum absolute atomic E-state index is 3.55. The van der Waals surface area contributed by atoms with Gasteiger partial charge in [-0.3, -0.25) is 0 Å². The molecule has 1 nitrogen and oxygen atoms in total. The fourth-order valence-corrected chi connectivity index (χ4v) is 1.38. The predicted octanol–water partition coefficient (Wildman–Crippen LogP) is 3.14. The molecule has 1 rings (SSSR count). The first kappa shape index (κ1) is 10.3. The average Bonchev–Trinajstić information content (AvgIpc) is 2.19. The van der Waals surface area contributed by atoms with Gasteiger partial charge in [-0.15, -0.1) is 0 Å². The van der Waals surface area contributed by atoms with Crippen molar-refractivity contribution in [3.63, 3.8) is 0 Å². The Labute approximate surface area is 81.2 Å². The van der Waals surface area contributed by atoms with Gasteiger partial charge in [0.2, 0.25) is 0 Å². The second kappa shape index (κ2) is 5.03. The molecule has 1 aromatic rings. The van der Waals surface area contributed by atoms with Crippen molar-refractivity contribution in [3.8, 4) is 0 Å². The standard InChI is InChI=1S/C12H19N/c1-4-10(2)13-11(3)12-8-6-5-7-9-12/h5-11,13H,4H2,1-3H3/t10-,11?/m0/s1. The largest absolute Gasteiger partial charge is 0.308 e. The van der Waals surface area contributed by atoms with Crippen LogP contribution in [0.2, 0.25) is 0 Å². The summed E-state index contributed by atoms with van der Waals surface area (Å²) in [5.41, 5.74) is 1.36. The lowest BCUT2D eigenvalue weighted by atomic mass is 10.1. The Kier molecular flexibility index (Phi) is 3.97. The van der Waals surface area contributed by atoms with E-state index in [4.69, 9.17) is 0 Å². The highest BCUT2D eigenvalue weighted by Gasteiger charge is 2.06. The first-order valence-corrected chi connectivity index (χ1v) is 5.05. The Morgan fingerprint density at radius 2 is 1.77 bits per heavy atom. The molecule has 0 saturated heterocycles. The molecule has 0 radical (unpaired) electrons. The van der Waals surface area contributed by atoms with Crippen molar-refractivity contribution in [1.82, 2.24) is 5.32 Å². The van der Waals surface area contributed by atoms with Gasteiger partial charge in [-0.1, -0.05) is 37.3 Å². The highest BCUT2D eigenvalue weighted by atomic mass is 14.9. The van der Waals surface area contributed by atoms with Crippen LogP contribution in [0.15, 0.2) is 30.3 Å². The van der Waals surface area contributed by atoms with Gasteiger partial charge in [0.1, 0.15) is 0 Å². The lowest BCUT2D eigenvalue weighted by Gasteiger charge is -2.18. The minimum atomic E-state index is 0.455. The van der Waals surface area contributed by atoms with Gasteiger partial charge >= 0.3 is 0 Å². The van der Waals surface area contributed by atoms with Gasteiger partial charge in [-0.05, 0) is 25.8 Å². The van der Waals surface area contributed by atoms with Crippen LogP contribution in [0.3, 0.4) is 0 Å². The molecule has 0 spiro atoms. The highest BCUT2D eigenvalue weighted by Crippen LogP contribution is 2.12. The molecule has 1 heteroatoms. The summed E-state index contributed by atoms with van der Waals surface area (Å²) in [6.45, 7) is 6.64. The Morgan fingerprint density at radius 3 is 2.31 bits per heavy atom. The molecule has 72 valence electrons. The van der Waals surface area contributed by atoms with Crippen LogP contribution in [0, 0.1) is 0 Å². The summed E-state index contributed by atoms with van der Waals surface area (Å²) in [5, 5.41) is 3.55. The molecule has 1 N–H and O–H groups in total. The molecule has 1 aromatic carbocycles. The van der Waals surface area contributed by atoms with E-state index in [1.807, 2.05) is 0 Å². The van der Waals surface area contributed by atoms with Crippen LogP contribution in [0.4, 0.5) is 0 Å². The molecule has 0 aliphatic rings. The third-order valence-corrected chi connectivity index (χ3v) is 2.45. The van der Waals surface area contributed by atoms with Crippen molar-refractivity contribution in [2.45, 2.75) is 39.3 Å². The van der Waals surface area contributed by atoms with Gasteiger partial charge in [0.15, 0.2) is 0 Å². The van der Waals surface area contributed by atoms with Crippen molar-refractivity contribution >= 4 is 0 Å². The van der Waals surface area contributed by atoms with Gasteiger partial charge in [0, 0.05) is 12.1 Å². The normalized spacial score (nSPS) is 15.3. The third-order valence-electron chi connectivity index (χ3n) is 2.45. The van der Waals surface area contributed by atoms with Crippen molar-refractivity contribution in [2.75, 3.05) is 0 Å². The van der Waals surface area contributed by atoms with Crippen LogP contribution in [-0.2, 0) is 0 Å². The fraction of sp³-hybridized carbons (Fsp3) is 0.500. The highest BCUT2D eigenvalue weighted by molar-refractivity contribution is 5.18. The van der Waals surface area contributed by atoms with Crippen LogP contribution < -0.4 is 5.32 Å². The molecule has 2 atom stereocenters. The van der Waals surface area contributed by atoms with Gasteiger partial charge in [0.05, 0.1) is 0 Å². The molecule has 0 aromatic heterocycles. The predicted molar refractivity (Wildman–Crippen MR) is 57.7 cm³/mol. The lowest BCUT2D eigenvalue weighted by Crippen LogP contribution is -2.28. The van der Waals surface area contributed by atoms with Crippen molar-refractivity contribution in [2.24, 2.45) is 0 Å². The zero-order chi connectivity index (χ0) is 9.68. The zero-order valence-electron chi connectivity index (χ0n) is 8.75. The quantitative estimate of drug-likeness (QED) is 0.745. The minimum absolute atomic E-state index is 0.455. The summed E-state index contributed by atoms with van der Waals surface area (Å²) in [5.74, 6) is 0. The summed E-state index contributed by atoms with van der Waals surface area (Å²) in [6.07, 6.45) is 1.18. The third kappa shape index (κ3) is 3.19. The number of nitrogens with one attached hydrogen (secondary N) is 1. The van der Waals surface area contributed by atoms with Crippen molar-refractivity contribution in [1.29, 1.82) is 0 Å². The van der Waals surface area contributed by atoms with E-state index in [9.17, 15) is 0 Å². The van der Waals surface area contributed by atoms with E-state index in [0.717, 1.165) is 0 Å². The molecule has 0 fully saturated rings. The number of benzene rings is 1. The summed E-state index contributed by atoms with van der Waals surface area (Å²) in [4.78, 5) is 0. The van der Waals surface area contributed by atoms with Crippen LogP contribution in [0.25, 0.3) is 0 Å². The van der Waals surface area contributed by atoms with E-state index in [0.29, 0.717) is 12.1 Å². The number of hydrogen-bond donors (Lipinski definition) is 1. The van der Waals surface area contributed by atoms with Crippen LogP contribution in [0.1, 0.15) is 38.8 Å². The topological polar surface area (TPSA) is 12.0 Å². The molecule has 0 aliphatic heterocycles. The lowest BCUT2D eigenvalue weighted by molar-refractivity contribution is 0.469. The van der Waals surface area contributed by atoms with Crippen molar-refractivity contribution in [3.05, 3.63) is 35.9 Å². The van der Waals surface area contributed by atoms with E-state index in [1.54, 1.807) is 0 Å². The summed E-state index contributed by atoms with van der Waals surface area (Å²) in [6, 6.07) is 11.6. The van der Waals surface area contributed by atoms with Crippen LogP contribution in [0.5, 0.6) is 0 Å². The first-order chi connectivity index (χ1) is 6.24. The second-order valence-electron chi connectivity index (χ2n) is 3.61. The van der Waals surface area contributed by atoms with Gasteiger partial charge in [-0.2, -0.15) is 0 Å². The molecule has 0 aliphatic carbocycles. The molecule has 0 saturated carbocycles. The molecule has 13 heavy (non-hydrogen) atoms. The SMILES string of the molecule is CC[C@H](C)NC(C)c1ccccc1. The van der Waals surface area contributed by atoms with Crippen LogP contribution in [-0.4, -0.2) is 6.04 Å². The van der Waals surface area contributed by atoms with Crippen molar-refractivity contribution < 1.29 is 0 Å². The smallest absolute Gasteiger partial charge is 0.0294 e. The Hall–Kier alpha value is -0.820. The average molecular weight is 177 g/mol. The van der Waals surface area contributed by atoms with E-state index in [2.05, 4.69) is 56.4 Å². The Balaban J connectivity index is 2.53. The van der Waals surface area contributed by atoms with E-state index >= 15 is 0 Å². The number of rotatable bonds is 4. The minimum Gasteiger partial charge on any atom is -0.308 e. The Morgan fingerprint density at radius 1 is 1.15 bits per heavy atom. The molecule has 0 amide bonds. The maximum Gasteiger partial charge on any atom is 0.0294 e. The fourth-order valence-electron chi connectivity index (χ4n) is 1.38. The van der Waals surface area contributed by atoms with Crippen LogP contribution >= 0.6 is 0 Å². The van der Waals surface area contributed by atoms with E-state index in [-0.39, 0.29) is 0 Å². The zero-order valence-corrected chi connectivity index (χ0v) is 8.75. The molecule has 0 heterocycles. The van der Waals surface area contributed by atoms with Gasteiger partial charge < -0.3 is 5.32 Å². The summed E-state index contributed by atoms with van der Waals surface area (Å²) in [7, 11) is 0. The Bertz CT molecular complexity index is 230. The summed E-state index contributed by atoms with van der Waals surface area (Å²) < 4.78 is 0. The molecular weight excluding hydrogens is 158 g/mol. The molecule has 0 bridgehead atoms. The first-order valence-electron chi connectivity index (χ1n) is 5.05. The van der Waals surface area contributed by atoms with E-state index in [1.165, 1.54) is 12.0 Å². The molecule has 1 unspecified atom stereocenters.